The van der Waals surface area contributed by atoms with Crippen LogP contribution in [0.3, 0.4) is 0 Å². The summed E-state index contributed by atoms with van der Waals surface area (Å²) < 4.78 is 1.61. The van der Waals surface area contributed by atoms with Gasteiger partial charge in [0.2, 0.25) is 0 Å². The summed E-state index contributed by atoms with van der Waals surface area (Å²) in [4.78, 5) is 4.05. The highest BCUT2D eigenvalue weighted by Crippen LogP contribution is 2.14. The van der Waals surface area contributed by atoms with Crippen molar-refractivity contribution in [1.29, 1.82) is 0 Å². The third-order valence-corrected chi connectivity index (χ3v) is 2.41. The molecule has 0 saturated heterocycles. The van der Waals surface area contributed by atoms with Crippen molar-refractivity contribution >= 4 is 11.5 Å². The standard InChI is InChI=1S/C9H15N7/c1-9(2,5-10)6-12-7-3-11-4-8-13-14-15-16(7)8/h3-4,12H,5-6,10H2,1-2H3. The molecular formula is C9H15N7. The average Bonchev–Trinajstić information content (AvgIpc) is 2.75. The van der Waals surface area contributed by atoms with Gasteiger partial charge in [-0.1, -0.05) is 13.8 Å². The molecule has 0 fully saturated rings. The van der Waals surface area contributed by atoms with Gasteiger partial charge in [-0.25, -0.2) is 0 Å². The molecule has 2 rings (SSSR count). The van der Waals surface area contributed by atoms with Crippen LogP contribution in [0.4, 0.5) is 5.82 Å². The van der Waals surface area contributed by atoms with E-state index in [2.05, 4.69) is 39.7 Å². The van der Waals surface area contributed by atoms with Crippen molar-refractivity contribution in [3.05, 3.63) is 12.4 Å². The predicted molar refractivity (Wildman–Crippen MR) is 59.9 cm³/mol. The number of tetrazole rings is 1. The third kappa shape index (κ3) is 2.08. The molecule has 0 aliphatic heterocycles. The van der Waals surface area contributed by atoms with E-state index in [0.29, 0.717) is 12.2 Å². The molecule has 0 amide bonds. The second-order valence-corrected chi connectivity index (χ2v) is 4.46. The van der Waals surface area contributed by atoms with Crippen LogP contribution in [0.15, 0.2) is 12.4 Å². The number of anilines is 1. The van der Waals surface area contributed by atoms with E-state index >= 15 is 0 Å². The molecule has 0 saturated carbocycles. The highest BCUT2D eigenvalue weighted by molar-refractivity contribution is 5.43. The maximum absolute atomic E-state index is 5.66. The number of hydrogen-bond acceptors (Lipinski definition) is 6. The van der Waals surface area contributed by atoms with Crippen molar-refractivity contribution in [2.45, 2.75) is 13.8 Å². The van der Waals surface area contributed by atoms with Gasteiger partial charge in [0.05, 0.1) is 12.4 Å². The molecule has 0 radical (unpaired) electrons. The fourth-order valence-electron chi connectivity index (χ4n) is 1.20. The van der Waals surface area contributed by atoms with Crippen LogP contribution in [0.1, 0.15) is 13.8 Å². The summed E-state index contributed by atoms with van der Waals surface area (Å²) in [5.41, 5.74) is 6.31. The van der Waals surface area contributed by atoms with Gasteiger partial charge in [0.15, 0.2) is 5.65 Å². The van der Waals surface area contributed by atoms with Crippen LogP contribution in [-0.2, 0) is 0 Å². The molecule has 7 heteroatoms. The number of nitrogens with two attached hydrogens (primary N) is 1. The molecular weight excluding hydrogens is 206 g/mol. The molecule has 16 heavy (non-hydrogen) atoms. The van der Waals surface area contributed by atoms with Crippen molar-refractivity contribution in [1.82, 2.24) is 25.0 Å². The second kappa shape index (κ2) is 4.01. The number of nitrogens with zero attached hydrogens (tertiary/aromatic N) is 5. The van der Waals surface area contributed by atoms with E-state index in [-0.39, 0.29) is 5.41 Å². The number of rotatable bonds is 4. The Kier molecular flexibility index (Phi) is 2.69. The van der Waals surface area contributed by atoms with E-state index in [4.69, 9.17) is 5.73 Å². The molecule has 0 bridgehead atoms. The van der Waals surface area contributed by atoms with Crippen molar-refractivity contribution in [3.63, 3.8) is 0 Å². The topological polar surface area (TPSA) is 94.0 Å². The normalized spacial score (nSPS) is 11.9. The molecule has 2 aromatic heterocycles. The quantitative estimate of drug-likeness (QED) is 0.749. The van der Waals surface area contributed by atoms with Crippen molar-refractivity contribution in [2.24, 2.45) is 11.1 Å². The smallest absolute Gasteiger partial charge is 0.199 e. The molecule has 86 valence electrons. The minimum Gasteiger partial charge on any atom is -0.368 e. The van der Waals surface area contributed by atoms with Crippen LogP contribution in [0.25, 0.3) is 5.65 Å². The van der Waals surface area contributed by atoms with Crippen molar-refractivity contribution < 1.29 is 0 Å². The minimum atomic E-state index is 0.0240. The average molecular weight is 221 g/mol. The number of nitrogens with one attached hydrogen (secondary N) is 1. The SMILES string of the molecule is CC(C)(CN)CNc1cncc2nnnn12. The molecule has 2 aromatic rings. The van der Waals surface area contributed by atoms with Gasteiger partial charge in [0, 0.05) is 6.54 Å². The Labute approximate surface area is 93.0 Å². The largest absolute Gasteiger partial charge is 0.368 e. The predicted octanol–water partition coefficient (Wildman–Crippen LogP) is -0.0839. The zero-order chi connectivity index (χ0) is 11.6. The zero-order valence-electron chi connectivity index (χ0n) is 9.38. The van der Waals surface area contributed by atoms with Crippen LogP contribution in [0, 0.1) is 5.41 Å². The van der Waals surface area contributed by atoms with Crippen LogP contribution >= 0.6 is 0 Å². The fraction of sp³-hybridized carbons (Fsp3) is 0.556. The van der Waals surface area contributed by atoms with Crippen LogP contribution in [0.2, 0.25) is 0 Å². The maximum Gasteiger partial charge on any atom is 0.199 e. The summed E-state index contributed by atoms with van der Waals surface area (Å²) >= 11 is 0. The minimum absolute atomic E-state index is 0.0240. The lowest BCUT2D eigenvalue weighted by Crippen LogP contribution is -2.31. The Hall–Kier alpha value is -1.76. The summed E-state index contributed by atoms with van der Waals surface area (Å²) in [7, 11) is 0. The molecule has 3 N–H and O–H groups in total. The van der Waals surface area contributed by atoms with Gasteiger partial charge in [0.25, 0.3) is 0 Å². The molecule has 0 atom stereocenters. The molecule has 0 spiro atoms. The molecule has 0 unspecified atom stereocenters. The van der Waals surface area contributed by atoms with E-state index in [1.165, 1.54) is 0 Å². The van der Waals surface area contributed by atoms with Gasteiger partial charge >= 0.3 is 0 Å². The van der Waals surface area contributed by atoms with Gasteiger partial charge in [0.1, 0.15) is 5.82 Å². The second-order valence-electron chi connectivity index (χ2n) is 4.46. The van der Waals surface area contributed by atoms with Crippen LogP contribution < -0.4 is 11.1 Å². The van der Waals surface area contributed by atoms with E-state index in [0.717, 1.165) is 12.4 Å². The van der Waals surface area contributed by atoms with Gasteiger partial charge in [-0.3, -0.25) is 4.98 Å². The Bertz CT molecular complexity index is 475. The first-order valence-corrected chi connectivity index (χ1v) is 5.08. The van der Waals surface area contributed by atoms with Crippen molar-refractivity contribution in [2.75, 3.05) is 18.4 Å². The Morgan fingerprint density at radius 3 is 3.00 bits per heavy atom. The highest BCUT2D eigenvalue weighted by Gasteiger charge is 2.15. The monoisotopic (exact) mass is 221 g/mol. The molecule has 2 heterocycles. The first-order valence-electron chi connectivity index (χ1n) is 5.08. The summed E-state index contributed by atoms with van der Waals surface area (Å²) in [6.45, 7) is 5.53. The van der Waals surface area contributed by atoms with E-state index in [1.807, 2.05) is 0 Å². The Morgan fingerprint density at radius 2 is 2.25 bits per heavy atom. The summed E-state index contributed by atoms with van der Waals surface area (Å²) in [5, 5.41) is 14.5. The molecule has 7 nitrogen and oxygen atoms in total. The summed E-state index contributed by atoms with van der Waals surface area (Å²) in [5.74, 6) is 0.768. The van der Waals surface area contributed by atoms with Crippen molar-refractivity contribution in [3.8, 4) is 0 Å². The van der Waals surface area contributed by atoms with E-state index in [9.17, 15) is 0 Å². The maximum atomic E-state index is 5.66. The first-order chi connectivity index (χ1) is 7.62. The lowest BCUT2D eigenvalue weighted by atomic mass is 9.94. The fourth-order valence-corrected chi connectivity index (χ4v) is 1.20. The first kappa shape index (κ1) is 10.7. The number of hydrogen-bond donors (Lipinski definition) is 2. The zero-order valence-corrected chi connectivity index (χ0v) is 9.38. The lowest BCUT2D eigenvalue weighted by Gasteiger charge is -2.23. The third-order valence-electron chi connectivity index (χ3n) is 2.41. The van der Waals surface area contributed by atoms with Gasteiger partial charge < -0.3 is 11.1 Å². The molecule has 0 aromatic carbocycles. The summed E-state index contributed by atoms with van der Waals surface area (Å²) in [6, 6.07) is 0. The van der Waals surface area contributed by atoms with E-state index in [1.54, 1.807) is 16.9 Å². The number of aromatic nitrogens is 5. The van der Waals surface area contributed by atoms with Gasteiger partial charge in [-0.2, -0.15) is 4.52 Å². The molecule has 0 aliphatic rings. The Morgan fingerprint density at radius 1 is 1.44 bits per heavy atom. The highest BCUT2D eigenvalue weighted by atomic mass is 15.5. The molecule has 0 aliphatic carbocycles. The van der Waals surface area contributed by atoms with Crippen LogP contribution in [-0.4, -0.2) is 38.1 Å². The number of fused-ring (bicyclic) bond motifs is 1. The Balaban J connectivity index is 2.18. The van der Waals surface area contributed by atoms with Gasteiger partial charge in [-0.05, 0) is 22.4 Å². The van der Waals surface area contributed by atoms with Gasteiger partial charge in [-0.15, -0.1) is 5.10 Å². The van der Waals surface area contributed by atoms with Crippen LogP contribution in [0.5, 0.6) is 0 Å². The lowest BCUT2D eigenvalue weighted by molar-refractivity contribution is 0.404. The van der Waals surface area contributed by atoms with E-state index < -0.39 is 0 Å². The summed E-state index contributed by atoms with van der Waals surface area (Å²) in [6.07, 6.45) is 3.30.